The molecule has 5 aromatic heterocycles. The molecular weight excluding hydrogens is 578 g/mol. The number of benzene rings is 4. The van der Waals surface area contributed by atoms with E-state index in [-0.39, 0.29) is 0 Å². The molecule has 1 aliphatic carbocycles. The lowest BCUT2D eigenvalue weighted by Gasteiger charge is -2.15. The minimum absolute atomic E-state index is 0.513. The lowest BCUT2D eigenvalue weighted by atomic mass is 10.0. The average molecular weight is 606 g/mol. The van der Waals surface area contributed by atoms with Crippen molar-refractivity contribution in [3.63, 3.8) is 0 Å². The maximum atomic E-state index is 5.32. The Hall–Kier alpha value is -6.34. The third kappa shape index (κ3) is 3.80. The van der Waals surface area contributed by atoms with Gasteiger partial charge in [-0.15, -0.1) is 0 Å². The van der Waals surface area contributed by atoms with Crippen LogP contribution in [0.5, 0.6) is 0 Å². The van der Waals surface area contributed by atoms with Crippen LogP contribution in [-0.2, 0) is 6.42 Å². The van der Waals surface area contributed by atoms with Gasteiger partial charge in [-0.1, -0.05) is 91.0 Å². The number of aromatic nitrogens is 7. The molecule has 9 aromatic rings. The van der Waals surface area contributed by atoms with E-state index >= 15 is 0 Å². The van der Waals surface area contributed by atoms with E-state index in [1.807, 2.05) is 36.5 Å². The fourth-order valence-electron chi connectivity index (χ4n) is 7.27. The maximum Gasteiger partial charge on any atom is 0.242 e. The molecule has 0 fully saturated rings. The standard InChI is InChI=1S/C40H27N7/c1-3-14-26(15-4-1)36-42-39(46-32-22-10-7-18-28(32)29-19-8-11-23-33(29)46)44-40(43-36)47-37-31(21-13-25-41-37)35-30-20-9-12-24-34(30)45(38(35)47)27-16-5-2-6-17-27/h1-7,9-18,20-25H,8,19H2. The molecular formula is C40H27N7. The number of hydrogen-bond donors (Lipinski definition) is 0. The molecule has 0 amide bonds. The van der Waals surface area contributed by atoms with Gasteiger partial charge in [-0.05, 0) is 60.9 Å². The Morgan fingerprint density at radius 1 is 0.553 bits per heavy atom. The highest BCUT2D eigenvalue weighted by Crippen LogP contribution is 2.40. The van der Waals surface area contributed by atoms with Crippen molar-refractivity contribution < 1.29 is 0 Å². The lowest BCUT2D eigenvalue weighted by Crippen LogP contribution is -2.13. The molecule has 1 aliphatic rings. The summed E-state index contributed by atoms with van der Waals surface area (Å²) in [6.07, 6.45) is 8.29. The fraction of sp³-hybridized carbons (Fsp3) is 0.0500. The average Bonchev–Trinajstić information content (AvgIpc) is 3.78. The molecule has 0 saturated heterocycles. The normalized spacial score (nSPS) is 12.9. The van der Waals surface area contributed by atoms with Crippen molar-refractivity contribution in [1.82, 2.24) is 33.6 Å². The van der Waals surface area contributed by atoms with Gasteiger partial charge in [0.25, 0.3) is 0 Å². The molecule has 5 heterocycles. The van der Waals surface area contributed by atoms with Crippen molar-refractivity contribution in [3.8, 4) is 29.0 Å². The number of aryl methyl sites for hydroxylation is 1. The van der Waals surface area contributed by atoms with Gasteiger partial charge in [-0.3, -0.25) is 9.13 Å². The van der Waals surface area contributed by atoms with E-state index in [0.717, 1.165) is 68.3 Å². The van der Waals surface area contributed by atoms with Gasteiger partial charge >= 0.3 is 0 Å². The van der Waals surface area contributed by atoms with E-state index in [2.05, 4.69) is 117 Å². The summed E-state index contributed by atoms with van der Waals surface area (Å²) >= 11 is 0. The van der Waals surface area contributed by atoms with Crippen LogP contribution >= 0.6 is 0 Å². The number of rotatable bonds is 4. The van der Waals surface area contributed by atoms with Crippen LogP contribution in [0.1, 0.15) is 17.7 Å². The van der Waals surface area contributed by atoms with Gasteiger partial charge in [-0.2, -0.15) is 15.0 Å². The second-order valence-corrected chi connectivity index (χ2v) is 11.9. The minimum Gasteiger partial charge on any atom is -0.295 e. The lowest BCUT2D eigenvalue weighted by molar-refractivity contribution is 0.857. The first-order chi connectivity index (χ1) is 23.3. The largest absolute Gasteiger partial charge is 0.295 e. The summed E-state index contributed by atoms with van der Waals surface area (Å²) in [7, 11) is 0. The van der Waals surface area contributed by atoms with Crippen LogP contribution in [0.4, 0.5) is 0 Å². The van der Waals surface area contributed by atoms with Crippen LogP contribution in [0.25, 0.3) is 78.9 Å². The number of para-hydroxylation sites is 3. The quantitative estimate of drug-likeness (QED) is 0.201. The summed E-state index contributed by atoms with van der Waals surface area (Å²) in [5.41, 5.74) is 8.36. The molecule has 0 radical (unpaired) electrons. The van der Waals surface area contributed by atoms with Crippen LogP contribution < -0.4 is 0 Å². The summed E-state index contributed by atoms with van der Waals surface area (Å²) in [4.78, 5) is 20.7. The van der Waals surface area contributed by atoms with Crippen LogP contribution in [0.2, 0.25) is 0 Å². The van der Waals surface area contributed by atoms with Gasteiger partial charge in [-0.25, -0.2) is 9.55 Å². The predicted octanol–water partition coefficient (Wildman–Crippen LogP) is 8.88. The highest BCUT2D eigenvalue weighted by molar-refractivity contribution is 6.21. The number of nitrogens with zero attached hydrogens (tertiary/aromatic N) is 7. The van der Waals surface area contributed by atoms with E-state index in [1.54, 1.807) is 0 Å². The summed E-state index contributed by atoms with van der Waals surface area (Å²) < 4.78 is 6.61. The van der Waals surface area contributed by atoms with E-state index in [0.29, 0.717) is 17.7 Å². The Labute approximate surface area is 269 Å². The van der Waals surface area contributed by atoms with E-state index < -0.39 is 0 Å². The highest BCUT2D eigenvalue weighted by Gasteiger charge is 2.26. The monoisotopic (exact) mass is 605 g/mol. The van der Waals surface area contributed by atoms with E-state index in [4.69, 9.17) is 19.9 Å². The second-order valence-electron chi connectivity index (χ2n) is 11.9. The summed E-state index contributed by atoms with van der Waals surface area (Å²) in [6.45, 7) is 0. The SMILES string of the molecule is C1=Cc2c(c3ccccc3n2-c2nc(-c3ccccc3)nc(-n3c4ncccc4c4c5ccccc5n(-c5ccccc5)c43)n2)CC1. The molecule has 7 heteroatoms. The van der Waals surface area contributed by atoms with Gasteiger partial charge in [0.05, 0.1) is 16.7 Å². The number of hydrogen-bond acceptors (Lipinski definition) is 4. The Bertz CT molecular complexity index is 2680. The molecule has 0 N–H and O–H groups in total. The summed E-state index contributed by atoms with van der Waals surface area (Å²) in [5.74, 6) is 1.69. The molecule has 0 saturated carbocycles. The first-order valence-corrected chi connectivity index (χ1v) is 15.9. The van der Waals surface area contributed by atoms with Crippen molar-refractivity contribution in [3.05, 3.63) is 145 Å². The third-order valence-electron chi connectivity index (χ3n) is 9.24. The topological polar surface area (TPSA) is 66.3 Å². The first kappa shape index (κ1) is 25.9. The van der Waals surface area contributed by atoms with E-state index in [1.165, 1.54) is 10.9 Å². The Morgan fingerprint density at radius 3 is 2.02 bits per heavy atom. The second kappa shape index (κ2) is 10.1. The first-order valence-electron chi connectivity index (χ1n) is 15.9. The zero-order valence-corrected chi connectivity index (χ0v) is 25.3. The van der Waals surface area contributed by atoms with Gasteiger partial charge in [0.1, 0.15) is 11.3 Å². The van der Waals surface area contributed by atoms with Crippen molar-refractivity contribution in [2.75, 3.05) is 0 Å². The molecule has 47 heavy (non-hydrogen) atoms. The molecule has 0 aliphatic heterocycles. The summed E-state index contributed by atoms with van der Waals surface area (Å²) in [6, 6.07) is 41.9. The zero-order chi connectivity index (χ0) is 30.9. The van der Waals surface area contributed by atoms with Crippen molar-refractivity contribution in [1.29, 1.82) is 0 Å². The molecule has 0 bridgehead atoms. The molecule has 7 nitrogen and oxygen atoms in total. The zero-order valence-electron chi connectivity index (χ0n) is 25.3. The molecule has 0 spiro atoms. The smallest absolute Gasteiger partial charge is 0.242 e. The van der Waals surface area contributed by atoms with Gasteiger partial charge in [0.2, 0.25) is 11.9 Å². The van der Waals surface area contributed by atoms with E-state index in [9.17, 15) is 0 Å². The maximum absolute atomic E-state index is 5.32. The molecule has 0 unspecified atom stereocenters. The molecule has 0 atom stereocenters. The number of fused-ring (bicyclic) bond motifs is 8. The van der Waals surface area contributed by atoms with Crippen LogP contribution in [0, 0.1) is 0 Å². The van der Waals surface area contributed by atoms with Crippen LogP contribution in [0.3, 0.4) is 0 Å². The number of allylic oxidation sites excluding steroid dienone is 1. The molecule has 222 valence electrons. The van der Waals surface area contributed by atoms with Crippen molar-refractivity contribution >= 4 is 49.9 Å². The predicted molar refractivity (Wildman–Crippen MR) is 188 cm³/mol. The molecule has 4 aromatic carbocycles. The highest BCUT2D eigenvalue weighted by atomic mass is 15.3. The van der Waals surface area contributed by atoms with Gasteiger partial charge in [0, 0.05) is 39.0 Å². The molecule has 10 rings (SSSR count). The van der Waals surface area contributed by atoms with Gasteiger partial charge < -0.3 is 0 Å². The fourth-order valence-corrected chi connectivity index (χ4v) is 7.27. The van der Waals surface area contributed by atoms with Crippen molar-refractivity contribution in [2.45, 2.75) is 12.8 Å². The van der Waals surface area contributed by atoms with Crippen LogP contribution in [0.15, 0.2) is 134 Å². The van der Waals surface area contributed by atoms with Gasteiger partial charge in [0.15, 0.2) is 5.82 Å². The third-order valence-corrected chi connectivity index (χ3v) is 9.24. The Balaban J connectivity index is 1.37. The minimum atomic E-state index is 0.513. The summed E-state index contributed by atoms with van der Waals surface area (Å²) in [5, 5.41) is 4.54. The van der Waals surface area contributed by atoms with Crippen molar-refractivity contribution in [2.24, 2.45) is 0 Å². The Kier molecular flexibility index (Phi) is 5.57. The van der Waals surface area contributed by atoms with Crippen LogP contribution in [-0.4, -0.2) is 33.6 Å². The Morgan fingerprint density at radius 2 is 1.21 bits per heavy atom. The number of pyridine rings is 1.